The van der Waals surface area contributed by atoms with Crippen LogP contribution >= 0.6 is 0 Å². The molecule has 68 valence electrons. The maximum atomic E-state index is 1.60. The van der Waals surface area contributed by atoms with Crippen LogP contribution in [0.5, 0.6) is 0 Å². The van der Waals surface area contributed by atoms with E-state index in [4.69, 9.17) is 0 Å². The van der Waals surface area contributed by atoms with Gasteiger partial charge >= 0.3 is 0 Å². The largest absolute Gasteiger partial charge is 0.0528 e. The van der Waals surface area contributed by atoms with Gasteiger partial charge in [-0.1, -0.05) is 32.1 Å². The van der Waals surface area contributed by atoms with Crippen molar-refractivity contribution in [2.75, 3.05) is 0 Å². The van der Waals surface area contributed by atoms with E-state index in [9.17, 15) is 0 Å². The van der Waals surface area contributed by atoms with Crippen LogP contribution in [0.15, 0.2) is 0 Å². The molecule has 0 radical (unpaired) electrons. The zero-order chi connectivity index (χ0) is 7.97. The summed E-state index contributed by atoms with van der Waals surface area (Å²) in [5, 5.41) is 0. The van der Waals surface area contributed by atoms with Gasteiger partial charge in [0.25, 0.3) is 0 Å². The van der Waals surface area contributed by atoms with Crippen molar-refractivity contribution >= 4 is 0 Å². The highest BCUT2D eigenvalue weighted by Gasteiger charge is 2.43. The summed E-state index contributed by atoms with van der Waals surface area (Å²) in [6.07, 6.45) is 12.6. The first kappa shape index (κ1) is 7.41. The Morgan fingerprint density at radius 3 is 1.83 bits per heavy atom. The molecule has 3 saturated carbocycles. The molecule has 3 atom stereocenters. The molecule has 0 nitrogen and oxygen atoms in total. The van der Waals surface area contributed by atoms with E-state index in [-0.39, 0.29) is 0 Å². The first-order chi connectivity index (χ1) is 5.95. The highest BCUT2D eigenvalue weighted by molar-refractivity contribution is 4.93. The van der Waals surface area contributed by atoms with Crippen LogP contribution in [0.3, 0.4) is 0 Å². The van der Waals surface area contributed by atoms with Crippen molar-refractivity contribution in [3.63, 3.8) is 0 Å². The van der Waals surface area contributed by atoms with E-state index in [1.165, 1.54) is 23.7 Å². The van der Waals surface area contributed by atoms with Gasteiger partial charge in [0.15, 0.2) is 0 Å². The van der Waals surface area contributed by atoms with Gasteiger partial charge in [0.2, 0.25) is 0 Å². The van der Waals surface area contributed by atoms with E-state index >= 15 is 0 Å². The van der Waals surface area contributed by atoms with Crippen molar-refractivity contribution < 1.29 is 0 Å². The summed E-state index contributed by atoms with van der Waals surface area (Å²) in [6, 6.07) is 0. The second-order valence-electron chi connectivity index (χ2n) is 5.29. The van der Waals surface area contributed by atoms with E-state index in [1.807, 2.05) is 0 Å². The van der Waals surface area contributed by atoms with Crippen LogP contribution in [-0.2, 0) is 0 Å². The number of hydrogen-bond acceptors (Lipinski definition) is 0. The molecule has 0 aromatic carbocycles. The van der Waals surface area contributed by atoms with Crippen molar-refractivity contribution in [1.29, 1.82) is 0 Å². The average Bonchev–Trinajstić information content (AvgIpc) is 2.48. The molecule has 0 bridgehead atoms. The minimum Gasteiger partial charge on any atom is -0.0528 e. The standard InChI is InChI=1S/C12H20/c1-3-9(4-1)12-8-7-10-5-2-6-11(10)12/h9-12H,1-8H2. The molecular formula is C12H20. The Balaban J connectivity index is 1.70. The van der Waals surface area contributed by atoms with Crippen LogP contribution in [0.4, 0.5) is 0 Å². The molecule has 3 rings (SSSR count). The molecule has 0 amide bonds. The zero-order valence-corrected chi connectivity index (χ0v) is 7.97. The molecule has 0 N–H and O–H groups in total. The lowest BCUT2D eigenvalue weighted by Crippen LogP contribution is -2.25. The zero-order valence-electron chi connectivity index (χ0n) is 7.97. The molecule has 0 aliphatic heterocycles. The van der Waals surface area contributed by atoms with Crippen molar-refractivity contribution in [3.05, 3.63) is 0 Å². The molecule has 3 unspecified atom stereocenters. The molecule has 0 aromatic rings. The number of hydrogen-bond donors (Lipinski definition) is 0. The van der Waals surface area contributed by atoms with E-state index in [0.717, 1.165) is 0 Å². The fraction of sp³-hybridized carbons (Fsp3) is 1.00. The highest BCUT2D eigenvalue weighted by atomic mass is 14.5. The molecule has 0 aromatic heterocycles. The molecule has 3 aliphatic rings. The lowest BCUT2D eigenvalue weighted by Gasteiger charge is -2.34. The van der Waals surface area contributed by atoms with Gasteiger partial charge in [-0.15, -0.1) is 0 Å². The van der Waals surface area contributed by atoms with Crippen LogP contribution < -0.4 is 0 Å². The highest BCUT2D eigenvalue weighted by Crippen LogP contribution is 2.53. The Morgan fingerprint density at radius 2 is 1.08 bits per heavy atom. The van der Waals surface area contributed by atoms with Gasteiger partial charge in [0, 0.05) is 0 Å². The van der Waals surface area contributed by atoms with Gasteiger partial charge in [-0.3, -0.25) is 0 Å². The van der Waals surface area contributed by atoms with Crippen LogP contribution in [0, 0.1) is 23.7 Å². The van der Waals surface area contributed by atoms with E-state index in [0.29, 0.717) is 0 Å². The summed E-state index contributed by atoms with van der Waals surface area (Å²) < 4.78 is 0. The minimum absolute atomic E-state index is 1.18. The first-order valence-electron chi connectivity index (χ1n) is 5.95. The second kappa shape index (κ2) is 2.75. The summed E-state index contributed by atoms with van der Waals surface area (Å²) in [5.74, 6) is 4.73. The van der Waals surface area contributed by atoms with Crippen molar-refractivity contribution in [3.8, 4) is 0 Å². The van der Waals surface area contributed by atoms with Crippen molar-refractivity contribution in [2.24, 2.45) is 23.7 Å². The van der Waals surface area contributed by atoms with Crippen LogP contribution in [0.1, 0.15) is 51.4 Å². The molecule has 0 heteroatoms. The molecule has 12 heavy (non-hydrogen) atoms. The van der Waals surface area contributed by atoms with Gasteiger partial charge in [0.05, 0.1) is 0 Å². The Hall–Kier alpha value is 0. The Kier molecular flexibility index (Phi) is 1.70. The van der Waals surface area contributed by atoms with E-state index in [2.05, 4.69) is 0 Å². The molecule has 0 heterocycles. The van der Waals surface area contributed by atoms with Crippen LogP contribution in [-0.4, -0.2) is 0 Å². The SMILES string of the molecule is C1CC(C2CCC3CCCC32)C1. The molecule has 3 aliphatic carbocycles. The fourth-order valence-corrected chi connectivity index (χ4v) is 4.06. The summed E-state index contributed by atoms with van der Waals surface area (Å²) >= 11 is 0. The monoisotopic (exact) mass is 164 g/mol. The van der Waals surface area contributed by atoms with Crippen LogP contribution in [0.2, 0.25) is 0 Å². The normalized spacial score (nSPS) is 47.5. The number of fused-ring (bicyclic) bond motifs is 1. The van der Waals surface area contributed by atoms with Gasteiger partial charge < -0.3 is 0 Å². The summed E-state index contributed by atoms with van der Waals surface area (Å²) in [4.78, 5) is 0. The van der Waals surface area contributed by atoms with E-state index in [1.54, 1.807) is 51.4 Å². The number of rotatable bonds is 1. The molecule has 0 saturated heterocycles. The quantitative estimate of drug-likeness (QED) is 0.555. The van der Waals surface area contributed by atoms with Gasteiger partial charge in [-0.05, 0) is 42.9 Å². The molecule has 3 fully saturated rings. The lowest BCUT2D eigenvalue weighted by atomic mass is 9.71. The second-order valence-corrected chi connectivity index (χ2v) is 5.29. The average molecular weight is 164 g/mol. The van der Waals surface area contributed by atoms with Gasteiger partial charge in [-0.2, -0.15) is 0 Å². The first-order valence-corrected chi connectivity index (χ1v) is 5.95. The molecule has 0 spiro atoms. The Labute approximate surface area is 75.7 Å². The third-order valence-corrected chi connectivity index (χ3v) is 4.89. The van der Waals surface area contributed by atoms with Crippen molar-refractivity contribution in [1.82, 2.24) is 0 Å². The Bertz CT molecular complexity index is 169. The maximum Gasteiger partial charge on any atom is -0.0355 e. The minimum atomic E-state index is 1.18. The Morgan fingerprint density at radius 1 is 0.500 bits per heavy atom. The predicted octanol–water partition coefficient (Wildman–Crippen LogP) is 3.61. The van der Waals surface area contributed by atoms with E-state index < -0.39 is 0 Å². The van der Waals surface area contributed by atoms with Crippen molar-refractivity contribution in [2.45, 2.75) is 51.4 Å². The lowest BCUT2D eigenvalue weighted by molar-refractivity contribution is 0.159. The van der Waals surface area contributed by atoms with Gasteiger partial charge in [-0.25, -0.2) is 0 Å². The predicted molar refractivity (Wildman–Crippen MR) is 50.9 cm³/mol. The van der Waals surface area contributed by atoms with Crippen LogP contribution in [0.25, 0.3) is 0 Å². The molecular weight excluding hydrogens is 144 g/mol. The topological polar surface area (TPSA) is 0 Å². The third kappa shape index (κ3) is 0.963. The third-order valence-electron chi connectivity index (χ3n) is 4.89. The summed E-state index contributed by atoms with van der Waals surface area (Å²) in [5.41, 5.74) is 0. The smallest absolute Gasteiger partial charge is 0.0355 e. The summed E-state index contributed by atoms with van der Waals surface area (Å²) in [6.45, 7) is 0. The fourth-order valence-electron chi connectivity index (χ4n) is 4.06. The summed E-state index contributed by atoms with van der Waals surface area (Å²) in [7, 11) is 0. The maximum absolute atomic E-state index is 1.60. The van der Waals surface area contributed by atoms with Gasteiger partial charge in [0.1, 0.15) is 0 Å².